The fourth-order valence-electron chi connectivity index (χ4n) is 2.89. The minimum atomic E-state index is 0.484. The molecule has 0 aromatic heterocycles. The van der Waals surface area contributed by atoms with Gasteiger partial charge in [-0.3, -0.25) is 0 Å². The van der Waals surface area contributed by atoms with Crippen LogP contribution in [0, 0.1) is 5.92 Å². The van der Waals surface area contributed by atoms with Crippen LogP contribution in [-0.2, 0) is 6.42 Å². The Balaban J connectivity index is 1.80. The third-order valence-corrected chi connectivity index (χ3v) is 4.33. The van der Waals surface area contributed by atoms with Gasteiger partial charge in [0.25, 0.3) is 0 Å². The maximum absolute atomic E-state index is 3.71. The lowest BCUT2D eigenvalue weighted by Crippen LogP contribution is -2.27. The fraction of sp³-hybridized carbons (Fsp3) is 0.647. The van der Waals surface area contributed by atoms with Gasteiger partial charge in [0.15, 0.2) is 0 Å². The summed E-state index contributed by atoms with van der Waals surface area (Å²) in [6.07, 6.45) is 8.30. The number of aryl methyl sites for hydroxylation is 1. The Morgan fingerprint density at radius 2 is 1.78 bits per heavy atom. The molecule has 1 aromatic rings. The van der Waals surface area contributed by atoms with Crippen molar-refractivity contribution in [1.29, 1.82) is 0 Å². The predicted molar refractivity (Wildman–Crippen MR) is 78.8 cm³/mol. The molecular formula is C17H27N. The van der Waals surface area contributed by atoms with Crippen LogP contribution in [0.1, 0.15) is 63.1 Å². The van der Waals surface area contributed by atoms with Crippen LogP contribution in [0.15, 0.2) is 24.3 Å². The van der Waals surface area contributed by atoms with E-state index in [9.17, 15) is 0 Å². The van der Waals surface area contributed by atoms with E-state index in [-0.39, 0.29) is 0 Å². The summed E-state index contributed by atoms with van der Waals surface area (Å²) in [6.45, 7) is 5.68. The summed E-state index contributed by atoms with van der Waals surface area (Å²) in [6, 6.07) is 9.55. The molecule has 1 heteroatoms. The second-order valence-corrected chi connectivity index (χ2v) is 5.73. The zero-order chi connectivity index (χ0) is 12.8. The third-order valence-electron chi connectivity index (χ3n) is 4.33. The van der Waals surface area contributed by atoms with E-state index in [0.717, 1.165) is 12.3 Å². The van der Waals surface area contributed by atoms with Gasteiger partial charge in [0.05, 0.1) is 0 Å². The van der Waals surface area contributed by atoms with Crippen LogP contribution >= 0.6 is 0 Å². The molecule has 18 heavy (non-hydrogen) atoms. The van der Waals surface area contributed by atoms with Gasteiger partial charge in [-0.2, -0.15) is 0 Å². The van der Waals surface area contributed by atoms with Crippen LogP contribution in [0.4, 0.5) is 0 Å². The standard InChI is InChI=1S/C17H27N/c1-3-15-9-11-17(12-10-15)14(2)18-13-16-7-5-4-6-8-16/h9-12,14,16,18H,3-8,13H2,1-2H3. The first kappa shape index (κ1) is 13.6. The zero-order valence-electron chi connectivity index (χ0n) is 11.9. The molecule has 0 heterocycles. The summed E-state index contributed by atoms with van der Waals surface area (Å²) in [5, 5.41) is 3.71. The van der Waals surface area contributed by atoms with Gasteiger partial charge in [-0.1, -0.05) is 50.5 Å². The summed E-state index contributed by atoms with van der Waals surface area (Å²) in [4.78, 5) is 0. The lowest BCUT2D eigenvalue weighted by Gasteiger charge is -2.24. The first-order valence-electron chi connectivity index (χ1n) is 7.62. The molecule has 0 aliphatic heterocycles. The number of nitrogens with one attached hydrogen (secondary N) is 1. The minimum absolute atomic E-state index is 0.484. The molecule has 0 radical (unpaired) electrons. The van der Waals surface area contributed by atoms with Crippen LogP contribution in [0.25, 0.3) is 0 Å². The maximum atomic E-state index is 3.71. The van der Waals surface area contributed by atoms with Crippen molar-refractivity contribution in [3.05, 3.63) is 35.4 Å². The molecule has 1 aromatic carbocycles. The first-order chi connectivity index (χ1) is 8.79. The van der Waals surface area contributed by atoms with Gasteiger partial charge in [-0.05, 0) is 49.8 Å². The van der Waals surface area contributed by atoms with Crippen molar-refractivity contribution in [2.45, 2.75) is 58.4 Å². The van der Waals surface area contributed by atoms with Crippen LogP contribution in [-0.4, -0.2) is 6.54 Å². The zero-order valence-corrected chi connectivity index (χ0v) is 11.9. The second kappa shape index (κ2) is 6.94. The summed E-state index contributed by atoms with van der Waals surface area (Å²) in [5.74, 6) is 0.913. The van der Waals surface area contributed by atoms with E-state index in [2.05, 4.69) is 43.4 Å². The van der Waals surface area contributed by atoms with E-state index >= 15 is 0 Å². The Morgan fingerprint density at radius 1 is 1.11 bits per heavy atom. The summed E-state index contributed by atoms with van der Waals surface area (Å²) in [5.41, 5.74) is 2.85. The largest absolute Gasteiger partial charge is 0.310 e. The molecule has 1 fully saturated rings. The average Bonchev–Trinajstić information content (AvgIpc) is 2.46. The number of hydrogen-bond donors (Lipinski definition) is 1. The maximum Gasteiger partial charge on any atom is 0.0291 e. The highest BCUT2D eigenvalue weighted by Gasteiger charge is 2.14. The SMILES string of the molecule is CCc1ccc(C(C)NCC2CCCCC2)cc1. The van der Waals surface area contributed by atoms with Crippen molar-refractivity contribution >= 4 is 0 Å². The highest BCUT2D eigenvalue weighted by molar-refractivity contribution is 5.24. The molecule has 0 amide bonds. The molecule has 0 spiro atoms. The van der Waals surface area contributed by atoms with Crippen LogP contribution in [0.2, 0.25) is 0 Å². The lowest BCUT2D eigenvalue weighted by atomic mass is 9.89. The fourth-order valence-corrected chi connectivity index (χ4v) is 2.89. The number of hydrogen-bond acceptors (Lipinski definition) is 1. The molecule has 1 saturated carbocycles. The van der Waals surface area contributed by atoms with E-state index in [1.807, 2.05) is 0 Å². The Kier molecular flexibility index (Phi) is 5.25. The van der Waals surface area contributed by atoms with Crippen LogP contribution < -0.4 is 5.32 Å². The van der Waals surface area contributed by atoms with E-state index < -0.39 is 0 Å². The Hall–Kier alpha value is -0.820. The second-order valence-electron chi connectivity index (χ2n) is 5.73. The van der Waals surface area contributed by atoms with Gasteiger partial charge in [-0.15, -0.1) is 0 Å². The van der Waals surface area contributed by atoms with E-state index in [4.69, 9.17) is 0 Å². The molecule has 0 saturated heterocycles. The molecule has 1 N–H and O–H groups in total. The molecule has 1 nitrogen and oxygen atoms in total. The molecule has 1 aliphatic rings. The topological polar surface area (TPSA) is 12.0 Å². The van der Waals surface area contributed by atoms with Crippen molar-refractivity contribution in [2.24, 2.45) is 5.92 Å². The minimum Gasteiger partial charge on any atom is -0.310 e. The predicted octanol–water partition coefficient (Wildman–Crippen LogP) is 4.48. The van der Waals surface area contributed by atoms with Crippen molar-refractivity contribution in [3.63, 3.8) is 0 Å². The monoisotopic (exact) mass is 245 g/mol. The van der Waals surface area contributed by atoms with Crippen molar-refractivity contribution in [2.75, 3.05) is 6.54 Å². The highest BCUT2D eigenvalue weighted by Crippen LogP contribution is 2.23. The van der Waals surface area contributed by atoms with Gasteiger partial charge < -0.3 is 5.32 Å². The molecule has 1 atom stereocenters. The quantitative estimate of drug-likeness (QED) is 0.806. The van der Waals surface area contributed by atoms with Crippen molar-refractivity contribution < 1.29 is 0 Å². The summed E-state index contributed by atoms with van der Waals surface area (Å²) >= 11 is 0. The Labute approximate surface area is 112 Å². The first-order valence-corrected chi connectivity index (χ1v) is 7.62. The number of benzene rings is 1. The molecule has 1 unspecified atom stereocenters. The molecule has 2 rings (SSSR count). The van der Waals surface area contributed by atoms with Gasteiger partial charge in [-0.25, -0.2) is 0 Å². The molecular weight excluding hydrogens is 218 g/mol. The van der Waals surface area contributed by atoms with Gasteiger partial charge in [0.1, 0.15) is 0 Å². The van der Waals surface area contributed by atoms with Crippen LogP contribution in [0.3, 0.4) is 0 Å². The molecule has 1 aliphatic carbocycles. The third kappa shape index (κ3) is 3.84. The smallest absolute Gasteiger partial charge is 0.0291 e. The van der Waals surface area contributed by atoms with Crippen molar-refractivity contribution in [1.82, 2.24) is 5.32 Å². The van der Waals surface area contributed by atoms with Gasteiger partial charge in [0, 0.05) is 6.04 Å². The Morgan fingerprint density at radius 3 is 2.39 bits per heavy atom. The average molecular weight is 245 g/mol. The summed E-state index contributed by atoms with van der Waals surface area (Å²) in [7, 11) is 0. The summed E-state index contributed by atoms with van der Waals surface area (Å²) < 4.78 is 0. The van der Waals surface area contributed by atoms with Crippen LogP contribution in [0.5, 0.6) is 0 Å². The lowest BCUT2D eigenvalue weighted by molar-refractivity contribution is 0.331. The highest BCUT2D eigenvalue weighted by atomic mass is 14.9. The molecule has 100 valence electrons. The van der Waals surface area contributed by atoms with E-state index in [0.29, 0.717) is 6.04 Å². The Bertz CT molecular complexity index is 335. The van der Waals surface area contributed by atoms with E-state index in [1.165, 1.54) is 49.8 Å². The van der Waals surface area contributed by atoms with Crippen molar-refractivity contribution in [3.8, 4) is 0 Å². The molecule has 0 bridgehead atoms. The van der Waals surface area contributed by atoms with Gasteiger partial charge >= 0.3 is 0 Å². The van der Waals surface area contributed by atoms with E-state index in [1.54, 1.807) is 0 Å². The normalized spacial score (nSPS) is 18.8. The van der Waals surface area contributed by atoms with Gasteiger partial charge in [0.2, 0.25) is 0 Å². The number of rotatable bonds is 5.